The number of rotatable bonds is 3. The Bertz CT molecular complexity index is 994. The molecule has 7 heteroatoms. The molecule has 3 aromatic heterocycles. The number of imidazole rings is 1. The van der Waals surface area contributed by atoms with Crippen LogP contribution in [0, 0.1) is 5.92 Å². The lowest BCUT2D eigenvalue weighted by Gasteiger charge is -2.28. The van der Waals surface area contributed by atoms with Crippen LogP contribution in [0.2, 0.25) is 0 Å². The summed E-state index contributed by atoms with van der Waals surface area (Å²) in [6, 6.07) is 1.99. The van der Waals surface area contributed by atoms with Crippen molar-refractivity contribution in [1.29, 1.82) is 0 Å². The highest BCUT2D eigenvalue weighted by molar-refractivity contribution is 6.00. The maximum atomic E-state index is 12.5. The molecule has 1 aliphatic rings. The summed E-state index contributed by atoms with van der Waals surface area (Å²) in [5.74, 6) is -0.748. The fourth-order valence-electron chi connectivity index (χ4n) is 3.80. The number of nitrogens with zero attached hydrogens (tertiary/aromatic N) is 2. The molecular weight excluding hydrogens is 308 g/mol. The first-order valence-corrected chi connectivity index (χ1v) is 8.11. The van der Waals surface area contributed by atoms with Crippen molar-refractivity contribution >= 4 is 28.0 Å². The molecule has 0 amide bonds. The number of carboxylic acids is 1. The number of allylic oxidation sites excluding steroid dienone is 1. The molecule has 124 valence electrons. The highest BCUT2D eigenvalue weighted by Crippen LogP contribution is 2.35. The van der Waals surface area contributed by atoms with Gasteiger partial charge in [-0.15, -0.1) is 0 Å². The number of hydrogen-bond acceptors (Lipinski definition) is 3. The van der Waals surface area contributed by atoms with E-state index in [2.05, 4.69) is 15.0 Å². The summed E-state index contributed by atoms with van der Waals surface area (Å²) in [4.78, 5) is 33.6. The summed E-state index contributed by atoms with van der Waals surface area (Å²) in [5, 5.41) is 9.74. The van der Waals surface area contributed by atoms with E-state index in [9.17, 15) is 9.59 Å². The number of hydrogen-bond donors (Lipinski definition) is 3. The average molecular weight is 326 g/mol. The van der Waals surface area contributed by atoms with Gasteiger partial charge in [-0.3, -0.25) is 4.57 Å². The second-order valence-electron chi connectivity index (χ2n) is 6.34. The van der Waals surface area contributed by atoms with Crippen molar-refractivity contribution in [2.75, 3.05) is 0 Å². The topological polar surface area (TPSA) is 104 Å². The van der Waals surface area contributed by atoms with Gasteiger partial charge in [-0.2, -0.15) is 0 Å². The fourth-order valence-corrected chi connectivity index (χ4v) is 3.80. The van der Waals surface area contributed by atoms with Crippen LogP contribution in [-0.4, -0.2) is 30.6 Å². The van der Waals surface area contributed by atoms with Gasteiger partial charge in [0, 0.05) is 23.7 Å². The third kappa shape index (κ3) is 2.42. The van der Waals surface area contributed by atoms with Crippen LogP contribution >= 0.6 is 0 Å². The summed E-state index contributed by atoms with van der Waals surface area (Å²) >= 11 is 0. The molecule has 0 spiro atoms. The number of aromatic amines is 2. The number of fused-ring (bicyclic) bond motifs is 3. The van der Waals surface area contributed by atoms with Crippen LogP contribution in [0.15, 0.2) is 35.4 Å². The molecule has 0 radical (unpaired) electrons. The fraction of sp³-hybridized carbons (Fsp3) is 0.353. The number of H-pyrrole nitrogens is 2. The molecular formula is C17H18N4O3. The SMILES string of the molecule is O=C(O)/C=C/[C@H]1CCC[C@@H](n2c(=O)[nH]c3cnc4[nH]ccc4c32)C1. The highest BCUT2D eigenvalue weighted by atomic mass is 16.4. The summed E-state index contributed by atoms with van der Waals surface area (Å²) in [6.07, 6.45) is 10.1. The smallest absolute Gasteiger partial charge is 0.327 e. The summed E-state index contributed by atoms with van der Waals surface area (Å²) in [5.41, 5.74) is 2.23. The largest absolute Gasteiger partial charge is 0.478 e. The van der Waals surface area contributed by atoms with Crippen LogP contribution in [0.1, 0.15) is 31.7 Å². The standard InChI is InChI=1S/C17H18N4O3/c22-14(23)5-4-10-2-1-3-11(8-10)21-15-12-6-7-18-16(12)19-9-13(15)20-17(21)24/h4-7,9-11H,1-3,8H2,(H,18,19)(H,20,24)(H,22,23)/b5-4+/t10-,11-/m1/s1. The number of carbonyl (C=O) groups is 1. The third-order valence-electron chi connectivity index (χ3n) is 4.82. The molecule has 3 N–H and O–H groups in total. The molecule has 3 heterocycles. The summed E-state index contributed by atoms with van der Waals surface area (Å²) in [7, 11) is 0. The Morgan fingerprint density at radius 2 is 2.29 bits per heavy atom. The van der Waals surface area contributed by atoms with Gasteiger partial charge in [0.1, 0.15) is 5.65 Å². The molecule has 0 bridgehead atoms. The van der Waals surface area contributed by atoms with Crippen molar-refractivity contribution in [2.24, 2.45) is 5.92 Å². The Morgan fingerprint density at radius 1 is 1.42 bits per heavy atom. The van der Waals surface area contributed by atoms with E-state index in [4.69, 9.17) is 5.11 Å². The van der Waals surface area contributed by atoms with Crippen LogP contribution in [0.25, 0.3) is 22.1 Å². The Hall–Kier alpha value is -2.83. The lowest BCUT2D eigenvalue weighted by atomic mass is 9.85. The molecule has 0 saturated heterocycles. The third-order valence-corrected chi connectivity index (χ3v) is 4.82. The Kier molecular flexibility index (Phi) is 3.48. The zero-order chi connectivity index (χ0) is 16.7. The van der Waals surface area contributed by atoms with Crippen molar-refractivity contribution in [3.63, 3.8) is 0 Å². The molecule has 24 heavy (non-hydrogen) atoms. The van der Waals surface area contributed by atoms with Gasteiger partial charge in [-0.1, -0.05) is 12.5 Å². The van der Waals surface area contributed by atoms with E-state index in [1.807, 2.05) is 16.8 Å². The van der Waals surface area contributed by atoms with E-state index in [0.29, 0.717) is 0 Å². The summed E-state index contributed by atoms with van der Waals surface area (Å²) in [6.45, 7) is 0. The van der Waals surface area contributed by atoms with Crippen LogP contribution in [-0.2, 0) is 4.79 Å². The van der Waals surface area contributed by atoms with Crippen LogP contribution in [0.3, 0.4) is 0 Å². The minimum absolute atomic E-state index is 0.0592. The van der Waals surface area contributed by atoms with Crippen molar-refractivity contribution in [1.82, 2.24) is 19.5 Å². The Morgan fingerprint density at radius 3 is 3.12 bits per heavy atom. The summed E-state index contributed by atoms with van der Waals surface area (Å²) < 4.78 is 1.83. The molecule has 1 saturated carbocycles. The quantitative estimate of drug-likeness (QED) is 0.643. The normalized spacial score (nSPS) is 21.8. The van der Waals surface area contributed by atoms with Crippen molar-refractivity contribution in [2.45, 2.75) is 31.7 Å². The number of aromatic nitrogens is 4. The van der Waals surface area contributed by atoms with Crippen LogP contribution in [0.4, 0.5) is 0 Å². The van der Waals surface area contributed by atoms with E-state index >= 15 is 0 Å². The van der Waals surface area contributed by atoms with Gasteiger partial charge < -0.3 is 15.1 Å². The highest BCUT2D eigenvalue weighted by Gasteiger charge is 2.25. The second-order valence-corrected chi connectivity index (χ2v) is 6.34. The van der Waals surface area contributed by atoms with Crippen molar-refractivity contribution in [3.05, 3.63) is 41.1 Å². The first-order valence-electron chi connectivity index (χ1n) is 8.11. The van der Waals surface area contributed by atoms with Gasteiger partial charge in [0.15, 0.2) is 0 Å². The van der Waals surface area contributed by atoms with E-state index in [0.717, 1.165) is 47.8 Å². The van der Waals surface area contributed by atoms with Gasteiger partial charge >= 0.3 is 11.7 Å². The van der Waals surface area contributed by atoms with Gasteiger partial charge in [-0.05, 0) is 31.2 Å². The zero-order valence-electron chi connectivity index (χ0n) is 13.0. The molecule has 7 nitrogen and oxygen atoms in total. The number of aliphatic carboxylic acids is 1. The number of pyridine rings is 1. The van der Waals surface area contributed by atoms with E-state index in [-0.39, 0.29) is 17.6 Å². The van der Waals surface area contributed by atoms with Gasteiger partial charge in [-0.25, -0.2) is 14.6 Å². The molecule has 1 aliphatic carbocycles. The Balaban J connectivity index is 1.78. The lowest BCUT2D eigenvalue weighted by Crippen LogP contribution is -2.26. The zero-order valence-corrected chi connectivity index (χ0v) is 13.0. The molecule has 4 rings (SSSR count). The van der Waals surface area contributed by atoms with Crippen molar-refractivity contribution < 1.29 is 9.90 Å². The number of carboxylic acid groups (broad SMARTS) is 1. The van der Waals surface area contributed by atoms with Crippen LogP contribution < -0.4 is 5.69 Å². The van der Waals surface area contributed by atoms with Gasteiger partial charge in [0.2, 0.25) is 0 Å². The molecule has 0 aliphatic heterocycles. The molecule has 2 atom stereocenters. The molecule has 0 aromatic carbocycles. The minimum atomic E-state index is -0.929. The van der Waals surface area contributed by atoms with E-state index in [1.54, 1.807) is 12.3 Å². The maximum Gasteiger partial charge on any atom is 0.327 e. The molecule has 0 unspecified atom stereocenters. The molecule has 1 fully saturated rings. The predicted octanol–water partition coefficient (Wildman–Crippen LogP) is 2.58. The first kappa shape index (κ1) is 14.7. The lowest BCUT2D eigenvalue weighted by molar-refractivity contribution is -0.131. The van der Waals surface area contributed by atoms with E-state index in [1.165, 1.54) is 6.08 Å². The first-order chi connectivity index (χ1) is 11.6. The maximum absolute atomic E-state index is 12.5. The molecule has 3 aromatic rings. The second kappa shape index (κ2) is 5.67. The predicted molar refractivity (Wildman–Crippen MR) is 90.0 cm³/mol. The average Bonchev–Trinajstić information content (AvgIpc) is 3.16. The van der Waals surface area contributed by atoms with E-state index < -0.39 is 5.97 Å². The Labute approximate surface area is 137 Å². The van der Waals surface area contributed by atoms with Crippen molar-refractivity contribution in [3.8, 4) is 0 Å². The van der Waals surface area contributed by atoms with Gasteiger partial charge in [0.05, 0.1) is 17.2 Å². The van der Waals surface area contributed by atoms with Crippen LogP contribution in [0.5, 0.6) is 0 Å². The number of nitrogens with one attached hydrogen (secondary N) is 2. The monoisotopic (exact) mass is 326 g/mol. The van der Waals surface area contributed by atoms with Gasteiger partial charge in [0.25, 0.3) is 0 Å². The minimum Gasteiger partial charge on any atom is -0.478 e.